The quantitative estimate of drug-likeness (QED) is 0.662. The molecule has 18 heavy (non-hydrogen) atoms. The largest absolute Gasteiger partial charge is 0.207 e. The SMILES string of the molecule is Fc1cc(F)cc(C(Cl)c2ccc(F)c(Br)c2)c1. The third kappa shape index (κ3) is 2.87. The molecule has 0 N–H and O–H groups in total. The Morgan fingerprint density at radius 1 is 0.889 bits per heavy atom. The maximum absolute atomic E-state index is 13.1. The molecule has 0 saturated carbocycles. The molecule has 0 bridgehead atoms. The molecule has 0 aliphatic carbocycles. The summed E-state index contributed by atoms with van der Waals surface area (Å²) in [5.74, 6) is -1.82. The van der Waals surface area contributed by atoms with Crippen LogP contribution in [0.1, 0.15) is 16.5 Å². The van der Waals surface area contributed by atoms with Gasteiger partial charge in [0.2, 0.25) is 0 Å². The molecular weight excluding hydrogens is 328 g/mol. The first-order valence-corrected chi connectivity index (χ1v) is 6.25. The van der Waals surface area contributed by atoms with E-state index in [9.17, 15) is 13.2 Å². The summed E-state index contributed by atoms with van der Waals surface area (Å²) in [4.78, 5) is 0. The molecule has 1 atom stereocenters. The van der Waals surface area contributed by atoms with Gasteiger partial charge in [-0.15, -0.1) is 11.6 Å². The molecule has 0 fully saturated rings. The van der Waals surface area contributed by atoms with E-state index in [0.717, 1.165) is 18.2 Å². The minimum atomic E-state index is -0.743. The van der Waals surface area contributed by atoms with Crippen LogP contribution in [-0.2, 0) is 0 Å². The smallest absolute Gasteiger partial charge is 0.137 e. The Kier molecular flexibility index (Phi) is 3.97. The van der Waals surface area contributed by atoms with Gasteiger partial charge in [-0.25, -0.2) is 13.2 Å². The van der Waals surface area contributed by atoms with E-state index < -0.39 is 22.8 Å². The molecule has 2 aromatic rings. The lowest BCUT2D eigenvalue weighted by Gasteiger charge is -2.11. The fourth-order valence-electron chi connectivity index (χ4n) is 1.58. The van der Waals surface area contributed by atoms with E-state index in [2.05, 4.69) is 15.9 Å². The van der Waals surface area contributed by atoms with Crippen molar-refractivity contribution < 1.29 is 13.2 Å². The van der Waals surface area contributed by atoms with Crippen LogP contribution < -0.4 is 0 Å². The molecule has 0 radical (unpaired) electrons. The Hall–Kier alpha value is -1.00. The Morgan fingerprint density at radius 3 is 2.06 bits per heavy atom. The summed E-state index contributed by atoms with van der Waals surface area (Å²) >= 11 is 9.16. The summed E-state index contributed by atoms with van der Waals surface area (Å²) in [5, 5.41) is -0.743. The topological polar surface area (TPSA) is 0 Å². The predicted octanol–water partition coefficient (Wildman–Crippen LogP) is 5.19. The fourth-order valence-corrected chi connectivity index (χ4v) is 2.24. The monoisotopic (exact) mass is 334 g/mol. The lowest BCUT2D eigenvalue weighted by atomic mass is 10.0. The molecule has 94 valence electrons. The van der Waals surface area contributed by atoms with E-state index in [-0.39, 0.29) is 10.0 Å². The molecule has 0 aliphatic heterocycles. The van der Waals surface area contributed by atoms with E-state index in [4.69, 9.17) is 11.6 Å². The van der Waals surface area contributed by atoms with Gasteiger partial charge in [-0.3, -0.25) is 0 Å². The van der Waals surface area contributed by atoms with Gasteiger partial charge in [0.25, 0.3) is 0 Å². The second-order valence-electron chi connectivity index (χ2n) is 3.74. The highest BCUT2D eigenvalue weighted by Crippen LogP contribution is 2.31. The lowest BCUT2D eigenvalue weighted by Crippen LogP contribution is -1.96. The maximum Gasteiger partial charge on any atom is 0.137 e. The highest BCUT2D eigenvalue weighted by atomic mass is 79.9. The van der Waals surface area contributed by atoms with Crippen LogP contribution in [-0.4, -0.2) is 0 Å². The van der Waals surface area contributed by atoms with Gasteiger partial charge >= 0.3 is 0 Å². The van der Waals surface area contributed by atoms with Gasteiger partial charge < -0.3 is 0 Å². The highest BCUT2D eigenvalue weighted by molar-refractivity contribution is 9.10. The number of halogens is 5. The van der Waals surface area contributed by atoms with Crippen LogP contribution >= 0.6 is 27.5 Å². The maximum atomic E-state index is 13.1. The van der Waals surface area contributed by atoms with Crippen LogP contribution in [0.4, 0.5) is 13.2 Å². The van der Waals surface area contributed by atoms with Crippen molar-refractivity contribution in [3.8, 4) is 0 Å². The standard InChI is InChI=1S/C13H7BrClF3/c14-11-5-7(1-2-12(11)18)13(15)8-3-9(16)6-10(17)4-8/h1-6,13H. The van der Waals surface area contributed by atoms with Crippen LogP contribution in [0.15, 0.2) is 40.9 Å². The first-order valence-electron chi connectivity index (χ1n) is 5.02. The van der Waals surface area contributed by atoms with Crippen molar-refractivity contribution in [2.24, 2.45) is 0 Å². The molecule has 2 rings (SSSR count). The highest BCUT2D eigenvalue weighted by Gasteiger charge is 2.14. The zero-order chi connectivity index (χ0) is 13.3. The summed E-state index contributed by atoms with van der Waals surface area (Å²) in [6, 6.07) is 7.27. The minimum Gasteiger partial charge on any atom is -0.207 e. The third-order valence-corrected chi connectivity index (χ3v) is 3.53. The second-order valence-corrected chi connectivity index (χ2v) is 5.03. The van der Waals surface area contributed by atoms with Crippen molar-refractivity contribution in [2.75, 3.05) is 0 Å². The van der Waals surface area contributed by atoms with Crippen molar-refractivity contribution >= 4 is 27.5 Å². The van der Waals surface area contributed by atoms with E-state index in [1.165, 1.54) is 18.2 Å². The van der Waals surface area contributed by atoms with Gasteiger partial charge in [-0.1, -0.05) is 6.07 Å². The first-order chi connectivity index (χ1) is 8.47. The molecule has 1 unspecified atom stereocenters. The zero-order valence-electron chi connectivity index (χ0n) is 8.93. The van der Waals surface area contributed by atoms with Crippen LogP contribution in [0.5, 0.6) is 0 Å². The van der Waals surface area contributed by atoms with Crippen molar-refractivity contribution in [1.29, 1.82) is 0 Å². The molecular formula is C13H7BrClF3. The van der Waals surface area contributed by atoms with E-state index >= 15 is 0 Å². The van der Waals surface area contributed by atoms with Gasteiger partial charge in [0.1, 0.15) is 17.5 Å². The van der Waals surface area contributed by atoms with Gasteiger partial charge in [-0.05, 0) is 51.3 Å². The van der Waals surface area contributed by atoms with E-state index in [0.29, 0.717) is 5.56 Å². The molecule has 0 aliphatic rings. The minimum absolute atomic E-state index is 0.252. The molecule has 0 spiro atoms. The van der Waals surface area contributed by atoms with Crippen molar-refractivity contribution in [1.82, 2.24) is 0 Å². The zero-order valence-corrected chi connectivity index (χ0v) is 11.3. The Bertz CT molecular complexity index is 566. The summed E-state index contributed by atoms with van der Waals surface area (Å²) in [6.45, 7) is 0. The molecule has 0 nitrogen and oxygen atoms in total. The van der Waals surface area contributed by atoms with E-state index in [1.807, 2.05) is 0 Å². The number of hydrogen-bond donors (Lipinski definition) is 0. The number of benzene rings is 2. The van der Waals surface area contributed by atoms with Gasteiger partial charge in [0.15, 0.2) is 0 Å². The lowest BCUT2D eigenvalue weighted by molar-refractivity contribution is 0.580. The number of alkyl halides is 1. The molecule has 0 aromatic heterocycles. The predicted molar refractivity (Wildman–Crippen MR) is 68.2 cm³/mol. The van der Waals surface area contributed by atoms with Crippen LogP contribution in [0, 0.1) is 17.5 Å². The van der Waals surface area contributed by atoms with Crippen molar-refractivity contribution in [2.45, 2.75) is 5.38 Å². The molecule has 0 heterocycles. The molecule has 5 heteroatoms. The summed E-state index contributed by atoms with van der Waals surface area (Å²) in [5.41, 5.74) is 0.836. The third-order valence-electron chi connectivity index (χ3n) is 2.41. The summed E-state index contributed by atoms with van der Waals surface area (Å²) in [7, 11) is 0. The molecule has 2 aromatic carbocycles. The Balaban J connectivity index is 2.40. The average molecular weight is 336 g/mol. The normalized spacial score (nSPS) is 12.5. The van der Waals surface area contributed by atoms with Crippen LogP contribution in [0.3, 0.4) is 0 Å². The van der Waals surface area contributed by atoms with Crippen LogP contribution in [0.2, 0.25) is 0 Å². The molecule has 0 amide bonds. The van der Waals surface area contributed by atoms with Gasteiger partial charge in [0.05, 0.1) is 9.85 Å². The molecule has 0 saturated heterocycles. The van der Waals surface area contributed by atoms with Gasteiger partial charge in [0, 0.05) is 6.07 Å². The van der Waals surface area contributed by atoms with Crippen molar-refractivity contribution in [3.63, 3.8) is 0 Å². The number of hydrogen-bond acceptors (Lipinski definition) is 0. The van der Waals surface area contributed by atoms with Crippen molar-refractivity contribution in [3.05, 3.63) is 69.4 Å². The second kappa shape index (κ2) is 5.33. The van der Waals surface area contributed by atoms with Crippen LogP contribution in [0.25, 0.3) is 0 Å². The Morgan fingerprint density at radius 2 is 1.50 bits per heavy atom. The fraction of sp³-hybridized carbons (Fsp3) is 0.0769. The number of rotatable bonds is 2. The van der Waals surface area contributed by atoms with Gasteiger partial charge in [-0.2, -0.15) is 0 Å². The first kappa shape index (κ1) is 13.4. The summed E-state index contributed by atoms with van der Waals surface area (Å²) in [6.07, 6.45) is 0. The van der Waals surface area contributed by atoms with E-state index in [1.54, 1.807) is 0 Å². The summed E-state index contributed by atoms with van der Waals surface area (Å²) < 4.78 is 39.5. The average Bonchev–Trinajstić information content (AvgIpc) is 2.30. The Labute approximate surface area is 116 Å².